The first-order valence-electron chi connectivity index (χ1n) is 6.00. The minimum atomic E-state index is -0.500. The summed E-state index contributed by atoms with van der Waals surface area (Å²) in [5.74, 6) is 0.0627. The zero-order valence-electron chi connectivity index (χ0n) is 11.3. The summed E-state index contributed by atoms with van der Waals surface area (Å²) in [6, 6.07) is 0. The van der Waals surface area contributed by atoms with Crippen LogP contribution in [0.2, 0.25) is 0 Å². The van der Waals surface area contributed by atoms with Gasteiger partial charge in [0.15, 0.2) is 5.11 Å². The second kappa shape index (κ2) is 6.37. The molecule has 0 aliphatic carbocycles. The van der Waals surface area contributed by atoms with Gasteiger partial charge in [-0.15, -0.1) is 0 Å². The molecule has 8 heteroatoms. The van der Waals surface area contributed by atoms with Crippen molar-refractivity contribution < 1.29 is 0 Å². The molecule has 0 fully saturated rings. The molecule has 0 amide bonds. The van der Waals surface area contributed by atoms with E-state index in [2.05, 4.69) is 17.6 Å². The van der Waals surface area contributed by atoms with Crippen molar-refractivity contribution in [2.75, 3.05) is 17.6 Å². The predicted molar refractivity (Wildman–Crippen MR) is 80.5 cm³/mol. The first-order valence-corrected chi connectivity index (χ1v) is 6.41. The normalized spacial score (nSPS) is 10.3. The molecule has 0 radical (unpaired) electrons. The van der Waals surface area contributed by atoms with Crippen molar-refractivity contribution in [1.82, 2.24) is 14.5 Å². The van der Waals surface area contributed by atoms with E-state index in [0.29, 0.717) is 11.7 Å². The molecule has 1 aromatic rings. The SMILES string of the molecule is CCCCNC(=S)Nc1c(N)n(C)c(=O)n(C)c1=O. The van der Waals surface area contributed by atoms with Crippen LogP contribution in [0.3, 0.4) is 0 Å². The van der Waals surface area contributed by atoms with Crippen LogP contribution in [0, 0.1) is 0 Å². The maximum Gasteiger partial charge on any atom is 0.332 e. The van der Waals surface area contributed by atoms with E-state index >= 15 is 0 Å². The summed E-state index contributed by atoms with van der Waals surface area (Å²) in [5, 5.41) is 6.03. The molecule has 0 saturated carbocycles. The van der Waals surface area contributed by atoms with E-state index in [4.69, 9.17) is 18.0 Å². The molecule has 0 bridgehead atoms. The maximum absolute atomic E-state index is 11.9. The van der Waals surface area contributed by atoms with E-state index in [0.717, 1.165) is 17.4 Å². The maximum atomic E-state index is 11.9. The molecule has 4 N–H and O–H groups in total. The topological polar surface area (TPSA) is 94.1 Å². The Labute approximate surface area is 116 Å². The van der Waals surface area contributed by atoms with Gasteiger partial charge in [-0.2, -0.15) is 0 Å². The Kier molecular flexibility index (Phi) is 5.11. The zero-order valence-corrected chi connectivity index (χ0v) is 12.1. The number of anilines is 2. The molecule has 0 aliphatic rings. The van der Waals surface area contributed by atoms with Crippen LogP contribution in [0.1, 0.15) is 19.8 Å². The Morgan fingerprint density at radius 3 is 2.53 bits per heavy atom. The van der Waals surface area contributed by atoms with Gasteiger partial charge in [-0.1, -0.05) is 13.3 Å². The predicted octanol–water partition coefficient (Wildman–Crippen LogP) is -0.247. The largest absolute Gasteiger partial charge is 0.383 e. The Morgan fingerprint density at radius 2 is 1.95 bits per heavy atom. The van der Waals surface area contributed by atoms with Crippen molar-refractivity contribution in [3.05, 3.63) is 20.8 Å². The van der Waals surface area contributed by atoms with Gasteiger partial charge in [0, 0.05) is 20.6 Å². The van der Waals surface area contributed by atoms with Crippen molar-refractivity contribution in [2.45, 2.75) is 19.8 Å². The van der Waals surface area contributed by atoms with E-state index in [1.807, 2.05) is 0 Å². The number of nitrogens with two attached hydrogens (primary N) is 1. The molecule has 0 aromatic carbocycles. The molecular weight excluding hydrogens is 266 g/mol. The molecule has 7 nitrogen and oxygen atoms in total. The highest BCUT2D eigenvalue weighted by atomic mass is 32.1. The summed E-state index contributed by atoms with van der Waals surface area (Å²) in [6.45, 7) is 2.78. The van der Waals surface area contributed by atoms with Crippen molar-refractivity contribution in [3.63, 3.8) is 0 Å². The summed E-state index contributed by atoms with van der Waals surface area (Å²) >= 11 is 5.07. The van der Waals surface area contributed by atoms with Gasteiger partial charge in [0.05, 0.1) is 0 Å². The highest BCUT2D eigenvalue weighted by molar-refractivity contribution is 7.80. The highest BCUT2D eigenvalue weighted by Gasteiger charge is 2.13. The van der Waals surface area contributed by atoms with E-state index in [-0.39, 0.29) is 11.5 Å². The smallest absolute Gasteiger partial charge is 0.332 e. The van der Waals surface area contributed by atoms with Gasteiger partial charge in [0.2, 0.25) is 0 Å². The third-order valence-electron chi connectivity index (χ3n) is 2.76. The van der Waals surface area contributed by atoms with Crippen LogP contribution in [0.5, 0.6) is 0 Å². The van der Waals surface area contributed by atoms with Gasteiger partial charge < -0.3 is 16.4 Å². The average Bonchev–Trinajstić information content (AvgIpc) is 2.39. The summed E-state index contributed by atoms with van der Waals surface area (Å²) in [7, 11) is 2.89. The summed E-state index contributed by atoms with van der Waals surface area (Å²) in [6.07, 6.45) is 2.02. The summed E-state index contributed by atoms with van der Waals surface area (Å²) in [5.41, 5.74) is 4.89. The monoisotopic (exact) mass is 285 g/mol. The summed E-state index contributed by atoms with van der Waals surface area (Å²) in [4.78, 5) is 23.6. The molecule has 0 spiro atoms. The fourth-order valence-electron chi connectivity index (χ4n) is 1.51. The minimum Gasteiger partial charge on any atom is -0.383 e. The lowest BCUT2D eigenvalue weighted by molar-refractivity contribution is 0.697. The van der Waals surface area contributed by atoms with E-state index in [1.54, 1.807) is 0 Å². The van der Waals surface area contributed by atoms with Crippen LogP contribution in [0.25, 0.3) is 0 Å². The Morgan fingerprint density at radius 1 is 1.32 bits per heavy atom. The molecule has 0 aliphatic heterocycles. The first-order chi connectivity index (χ1) is 8.90. The third-order valence-corrected chi connectivity index (χ3v) is 3.01. The number of aromatic nitrogens is 2. The van der Waals surface area contributed by atoms with E-state index in [1.165, 1.54) is 18.7 Å². The third kappa shape index (κ3) is 3.34. The Hall–Kier alpha value is -1.83. The number of rotatable bonds is 4. The lowest BCUT2D eigenvalue weighted by Gasteiger charge is -2.14. The number of nitrogen functional groups attached to an aromatic ring is 1. The number of nitrogens with zero attached hydrogens (tertiary/aromatic N) is 2. The molecular formula is C11H19N5O2S. The Bertz CT molecular complexity index is 590. The molecule has 1 heterocycles. The molecule has 106 valence electrons. The number of thiocarbonyl (C=S) groups is 1. The quantitative estimate of drug-likeness (QED) is 0.522. The summed E-state index contributed by atoms with van der Waals surface area (Å²) < 4.78 is 2.17. The molecule has 1 aromatic heterocycles. The number of hydrogen-bond acceptors (Lipinski definition) is 4. The molecule has 0 atom stereocenters. The molecule has 19 heavy (non-hydrogen) atoms. The fourth-order valence-corrected chi connectivity index (χ4v) is 1.72. The Balaban J connectivity index is 3.00. The average molecular weight is 285 g/mol. The van der Waals surface area contributed by atoms with Crippen LogP contribution in [0.4, 0.5) is 11.5 Å². The van der Waals surface area contributed by atoms with Crippen LogP contribution >= 0.6 is 12.2 Å². The highest BCUT2D eigenvalue weighted by Crippen LogP contribution is 2.08. The van der Waals surface area contributed by atoms with Crippen molar-refractivity contribution in [1.29, 1.82) is 0 Å². The van der Waals surface area contributed by atoms with Crippen LogP contribution < -0.4 is 27.6 Å². The van der Waals surface area contributed by atoms with Gasteiger partial charge in [0.25, 0.3) is 5.56 Å². The standard InChI is InChI=1S/C11H19N5O2S/c1-4-5-6-13-10(19)14-7-8(12)15(2)11(18)16(3)9(7)17/h4-6,12H2,1-3H3,(H2,13,14,19). The first kappa shape index (κ1) is 15.2. The van der Waals surface area contributed by atoms with Gasteiger partial charge >= 0.3 is 5.69 Å². The zero-order chi connectivity index (χ0) is 14.6. The van der Waals surface area contributed by atoms with Crippen molar-refractivity contribution in [3.8, 4) is 0 Å². The number of hydrogen-bond donors (Lipinski definition) is 3. The van der Waals surface area contributed by atoms with E-state index in [9.17, 15) is 9.59 Å². The fraction of sp³-hybridized carbons (Fsp3) is 0.545. The molecule has 0 saturated heterocycles. The van der Waals surface area contributed by atoms with Crippen molar-refractivity contribution in [2.24, 2.45) is 14.1 Å². The van der Waals surface area contributed by atoms with Crippen LogP contribution in [-0.4, -0.2) is 20.8 Å². The van der Waals surface area contributed by atoms with Crippen molar-refractivity contribution >= 4 is 28.8 Å². The molecule has 1 rings (SSSR count). The number of nitrogens with one attached hydrogen (secondary N) is 2. The number of unbranched alkanes of at least 4 members (excludes halogenated alkanes) is 1. The second-order valence-electron chi connectivity index (χ2n) is 4.20. The van der Waals surface area contributed by atoms with Gasteiger partial charge in [-0.05, 0) is 18.6 Å². The lowest BCUT2D eigenvalue weighted by atomic mass is 10.3. The van der Waals surface area contributed by atoms with Gasteiger partial charge in [-0.3, -0.25) is 13.9 Å². The van der Waals surface area contributed by atoms with Crippen LogP contribution in [0.15, 0.2) is 9.59 Å². The second-order valence-corrected chi connectivity index (χ2v) is 4.61. The van der Waals surface area contributed by atoms with E-state index < -0.39 is 11.2 Å². The van der Waals surface area contributed by atoms with Crippen LogP contribution in [-0.2, 0) is 14.1 Å². The molecule has 0 unspecified atom stereocenters. The minimum absolute atomic E-state index is 0.0627. The van der Waals surface area contributed by atoms with Gasteiger partial charge in [-0.25, -0.2) is 4.79 Å². The lowest BCUT2D eigenvalue weighted by Crippen LogP contribution is -2.41. The van der Waals surface area contributed by atoms with Gasteiger partial charge in [0.1, 0.15) is 11.5 Å².